The number of hydrogen-bond acceptors (Lipinski definition) is 3. The Balaban J connectivity index is 1.96. The van der Waals surface area contributed by atoms with Gasteiger partial charge in [-0.2, -0.15) is 0 Å². The molecule has 0 aromatic carbocycles. The first-order valence-electron chi connectivity index (χ1n) is 6.46. The topological polar surface area (TPSA) is 27.3 Å². The van der Waals surface area contributed by atoms with Crippen molar-refractivity contribution >= 4 is 0 Å². The Morgan fingerprint density at radius 3 is 2.47 bits per heavy atom. The van der Waals surface area contributed by atoms with Gasteiger partial charge >= 0.3 is 0 Å². The Bertz CT molecular complexity index is 187. The molecular formula is C12H25N3. The van der Waals surface area contributed by atoms with Crippen molar-refractivity contribution in [2.24, 2.45) is 5.92 Å². The zero-order valence-corrected chi connectivity index (χ0v) is 10.1. The van der Waals surface area contributed by atoms with Crippen LogP contribution < -0.4 is 10.6 Å². The molecule has 0 aromatic heterocycles. The summed E-state index contributed by atoms with van der Waals surface area (Å²) in [6.45, 7) is 10.7. The molecule has 2 aliphatic heterocycles. The molecule has 0 aliphatic carbocycles. The smallest absolute Gasteiger partial charge is 0.0253 e. The van der Waals surface area contributed by atoms with E-state index in [9.17, 15) is 0 Å². The van der Waals surface area contributed by atoms with Gasteiger partial charge in [-0.25, -0.2) is 0 Å². The molecule has 1 atom stereocenters. The second kappa shape index (κ2) is 5.28. The summed E-state index contributed by atoms with van der Waals surface area (Å²) in [5, 5.41) is 7.01. The summed E-state index contributed by atoms with van der Waals surface area (Å²) in [5.41, 5.74) is 0. The molecule has 15 heavy (non-hydrogen) atoms. The van der Waals surface area contributed by atoms with Crippen LogP contribution in [0, 0.1) is 5.92 Å². The lowest BCUT2D eigenvalue weighted by Gasteiger charge is -2.44. The molecule has 2 saturated heterocycles. The zero-order valence-electron chi connectivity index (χ0n) is 10.1. The van der Waals surface area contributed by atoms with E-state index in [0.29, 0.717) is 6.04 Å². The van der Waals surface area contributed by atoms with Crippen molar-refractivity contribution in [3.8, 4) is 0 Å². The number of nitrogens with zero attached hydrogens (tertiary/aromatic N) is 1. The number of rotatable bonds is 2. The van der Waals surface area contributed by atoms with Crippen LogP contribution in [-0.2, 0) is 0 Å². The van der Waals surface area contributed by atoms with E-state index >= 15 is 0 Å². The van der Waals surface area contributed by atoms with E-state index in [2.05, 4.69) is 29.4 Å². The maximum atomic E-state index is 3.55. The van der Waals surface area contributed by atoms with Crippen molar-refractivity contribution in [3.63, 3.8) is 0 Å². The van der Waals surface area contributed by atoms with Gasteiger partial charge in [0.15, 0.2) is 0 Å². The van der Waals surface area contributed by atoms with E-state index in [1.807, 2.05) is 0 Å². The third-order valence-electron chi connectivity index (χ3n) is 3.92. The van der Waals surface area contributed by atoms with Crippen LogP contribution >= 0.6 is 0 Å². The fraction of sp³-hybridized carbons (Fsp3) is 1.00. The lowest BCUT2D eigenvalue weighted by atomic mass is 9.87. The first kappa shape index (κ1) is 11.4. The molecule has 1 unspecified atom stereocenters. The Morgan fingerprint density at radius 2 is 1.80 bits per heavy atom. The van der Waals surface area contributed by atoms with E-state index in [-0.39, 0.29) is 0 Å². The van der Waals surface area contributed by atoms with Gasteiger partial charge in [-0.05, 0) is 45.7 Å². The lowest BCUT2D eigenvalue weighted by Crippen LogP contribution is -2.57. The van der Waals surface area contributed by atoms with Crippen molar-refractivity contribution in [3.05, 3.63) is 0 Å². The normalized spacial score (nSPS) is 31.0. The van der Waals surface area contributed by atoms with Crippen LogP contribution in [0.1, 0.15) is 26.7 Å². The minimum atomic E-state index is 0.701. The largest absolute Gasteiger partial charge is 0.317 e. The Labute approximate surface area is 93.6 Å². The third kappa shape index (κ3) is 2.71. The molecule has 0 spiro atoms. The summed E-state index contributed by atoms with van der Waals surface area (Å²) in [6, 6.07) is 1.48. The summed E-state index contributed by atoms with van der Waals surface area (Å²) >= 11 is 0. The van der Waals surface area contributed by atoms with Crippen LogP contribution in [0.2, 0.25) is 0 Å². The van der Waals surface area contributed by atoms with Gasteiger partial charge in [0.2, 0.25) is 0 Å². The third-order valence-corrected chi connectivity index (χ3v) is 3.92. The van der Waals surface area contributed by atoms with Gasteiger partial charge in [-0.1, -0.05) is 0 Å². The molecule has 88 valence electrons. The average Bonchev–Trinajstić information content (AvgIpc) is 2.30. The van der Waals surface area contributed by atoms with E-state index in [1.165, 1.54) is 45.6 Å². The molecule has 0 aromatic rings. The van der Waals surface area contributed by atoms with E-state index < -0.39 is 0 Å². The van der Waals surface area contributed by atoms with Gasteiger partial charge in [0, 0.05) is 31.7 Å². The molecule has 0 bridgehead atoms. The molecule has 0 radical (unpaired) electrons. The molecule has 2 fully saturated rings. The fourth-order valence-corrected chi connectivity index (χ4v) is 3.05. The van der Waals surface area contributed by atoms with Crippen LogP contribution in [0.3, 0.4) is 0 Å². The highest BCUT2D eigenvalue weighted by atomic mass is 15.2. The predicted octanol–water partition coefficient (Wildman–Crippen LogP) is 0.668. The van der Waals surface area contributed by atoms with Crippen LogP contribution in [0.25, 0.3) is 0 Å². The standard InChI is InChI=1S/C12H25N3/c1-10(2)15-8-7-14-9-12(15)11-3-5-13-6-4-11/h10-14H,3-9H2,1-2H3. The number of hydrogen-bond donors (Lipinski definition) is 2. The molecule has 2 N–H and O–H groups in total. The second-order valence-corrected chi connectivity index (χ2v) is 5.19. The molecule has 3 heteroatoms. The molecule has 0 saturated carbocycles. The molecule has 2 heterocycles. The summed E-state index contributed by atoms with van der Waals surface area (Å²) in [7, 11) is 0. The van der Waals surface area contributed by atoms with Gasteiger partial charge in [0.25, 0.3) is 0 Å². The SMILES string of the molecule is CC(C)N1CCNCC1C1CCNCC1. The summed E-state index contributed by atoms with van der Waals surface area (Å²) in [5.74, 6) is 0.904. The minimum absolute atomic E-state index is 0.701. The highest BCUT2D eigenvalue weighted by molar-refractivity contribution is 4.89. The van der Waals surface area contributed by atoms with Gasteiger partial charge in [0.1, 0.15) is 0 Å². The number of piperazine rings is 1. The van der Waals surface area contributed by atoms with Gasteiger partial charge < -0.3 is 10.6 Å². The van der Waals surface area contributed by atoms with Crippen LogP contribution in [0.15, 0.2) is 0 Å². The fourth-order valence-electron chi connectivity index (χ4n) is 3.05. The van der Waals surface area contributed by atoms with Gasteiger partial charge in [-0.15, -0.1) is 0 Å². The summed E-state index contributed by atoms with van der Waals surface area (Å²) < 4.78 is 0. The quantitative estimate of drug-likeness (QED) is 0.703. The summed E-state index contributed by atoms with van der Waals surface area (Å²) in [4.78, 5) is 2.70. The maximum Gasteiger partial charge on any atom is 0.0253 e. The molecule has 0 amide bonds. The number of piperidine rings is 1. The monoisotopic (exact) mass is 211 g/mol. The minimum Gasteiger partial charge on any atom is -0.317 e. The highest BCUT2D eigenvalue weighted by Crippen LogP contribution is 2.23. The molecule has 3 nitrogen and oxygen atoms in total. The van der Waals surface area contributed by atoms with Crippen LogP contribution in [0.5, 0.6) is 0 Å². The zero-order chi connectivity index (χ0) is 10.7. The number of nitrogens with one attached hydrogen (secondary N) is 2. The first-order chi connectivity index (χ1) is 7.29. The molecule has 2 rings (SSSR count). The maximum absolute atomic E-state index is 3.55. The van der Waals surface area contributed by atoms with Gasteiger partial charge in [0.05, 0.1) is 0 Å². The van der Waals surface area contributed by atoms with Crippen LogP contribution in [-0.4, -0.2) is 49.7 Å². The molecular weight excluding hydrogens is 186 g/mol. The Kier molecular flexibility index (Phi) is 4.00. The van der Waals surface area contributed by atoms with E-state index in [4.69, 9.17) is 0 Å². The second-order valence-electron chi connectivity index (χ2n) is 5.19. The summed E-state index contributed by atoms with van der Waals surface area (Å²) in [6.07, 6.45) is 2.71. The van der Waals surface area contributed by atoms with E-state index in [1.54, 1.807) is 0 Å². The average molecular weight is 211 g/mol. The van der Waals surface area contributed by atoms with Crippen LogP contribution in [0.4, 0.5) is 0 Å². The highest BCUT2D eigenvalue weighted by Gasteiger charge is 2.31. The Morgan fingerprint density at radius 1 is 1.07 bits per heavy atom. The van der Waals surface area contributed by atoms with E-state index in [0.717, 1.165) is 12.0 Å². The van der Waals surface area contributed by atoms with Crippen molar-refractivity contribution < 1.29 is 0 Å². The van der Waals surface area contributed by atoms with Gasteiger partial charge in [-0.3, -0.25) is 4.90 Å². The van der Waals surface area contributed by atoms with Crippen molar-refractivity contribution in [1.82, 2.24) is 15.5 Å². The Hall–Kier alpha value is -0.120. The first-order valence-corrected chi connectivity index (χ1v) is 6.46. The predicted molar refractivity (Wildman–Crippen MR) is 64.1 cm³/mol. The van der Waals surface area contributed by atoms with Crippen molar-refractivity contribution in [2.75, 3.05) is 32.7 Å². The van der Waals surface area contributed by atoms with Crippen molar-refractivity contribution in [2.45, 2.75) is 38.8 Å². The molecule has 2 aliphatic rings. The van der Waals surface area contributed by atoms with Crippen molar-refractivity contribution in [1.29, 1.82) is 0 Å². The lowest BCUT2D eigenvalue weighted by molar-refractivity contribution is 0.0688.